The molecule has 2 atom stereocenters. The van der Waals surface area contributed by atoms with E-state index >= 15 is 0 Å². The number of piperazine rings is 1. The van der Waals surface area contributed by atoms with Crippen LogP contribution < -0.4 is 9.64 Å². The SMILES string of the molecule is [C-]#[N+]C[C@H]1CN(c2nc(OC[C@@H]3CCCN3C)nc3cc(-c4cccc5ccc(F)c(Cl)c45)cnc23)CCN1C(=O)OC(C)(C)C. The second-order valence-electron chi connectivity index (χ2n) is 12.9. The van der Waals surface area contributed by atoms with Crippen molar-refractivity contribution in [2.24, 2.45) is 0 Å². The molecule has 0 unspecified atom stereocenters. The largest absolute Gasteiger partial charge is 0.462 e. The first-order valence-electron chi connectivity index (χ1n) is 15.5. The van der Waals surface area contributed by atoms with E-state index in [1.54, 1.807) is 17.2 Å². The Morgan fingerprint density at radius 1 is 1.15 bits per heavy atom. The molecule has 0 radical (unpaired) electrons. The third-order valence-corrected chi connectivity index (χ3v) is 8.90. The van der Waals surface area contributed by atoms with Gasteiger partial charge < -0.3 is 24.1 Å². The maximum atomic E-state index is 14.5. The number of benzene rings is 2. The summed E-state index contributed by atoms with van der Waals surface area (Å²) in [7, 11) is 2.09. The Kier molecular flexibility index (Phi) is 8.86. The lowest BCUT2D eigenvalue weighted by molar-refractivity contribution is 0.0155. The fourth-order valence-electron chi connectivity index (χ4n) is 6.20. The molecule has 46 heavy (non-hydrogen) atoms. The summed E-state index contributed by atoms with van der Waals surface area (Å²) in [6.45, 7) is 15.8. The number of carbonyl (C=O) groups excluding carboxylic acids is 1. The van der Waals surface area contributed by atoms with Gasteiger partial charge in [-0.3, -0.25) is 9.88 Å². The van der Waals surface area contributed by atoms with Gasteiger partial charge in [0, 0.05) is 42.8 Å². The number of hydrogen-bond acceptors (Lipinski definition) is 8. The van der Waals surface area contributed by atoms with Crippen LogP contribution >= 0.6 is 11.6 Å². The van der Waals surface area contributed by atoms with Crippen molar-refractivity contribution in [3.63, 3.8) is 0 Å². The van der Waals surface area contributed by atoms with Crippen LogP contribution in [0.2, 0.25) is 5.02 Å². The molecule has 4 heterocycles. The van der Waals surface area contributed by atoms with E-state index in [1.807, 2.05) is 49.9 Å². The quantitative estimate of drug-likeness (QED) is 0.221. The van der Waals surface area contributed by atoms with E-state index in [0.29, 0.717) is 48.5 Å². The number of likely N-dealkylation sites (tertiary alicyclic amines) is 1. The maximum Gasteiger partial charge on any atom is 0.410 e. The lowest BCUT2D eigenvalue weighted by Gasteiger charge is -2.40. The van der Waals surface area contributed by atoms with Crippen molar-refractivity contribution in [3.8, 4) is 17.1 Å². The molecule has 0 saturated carbocycles. The highest BCUT2D eigenvalue weighted by atomic mass is 35.5. The molecule has 240 valence electrons. The van der Waals surface area contributed by atoms with Crippen molar-refractivity contribution in [2.75, 3.05) is 51.3 Å². The van der Waals surface area contributed by atoms with Gasteiger partial charge >= 0.3 is 12.1 Å². The predicted molar refractivity (Wildman–Crippen MR) is 177 cm³/mol. The first-order chi connectivity index (χ1) is 22.0. The molecule has 0 N–H and O–H groups in total. The molecule has 2 fully saturated rings. The fraction of sp³-hybridized carbons (Fsp3) is 0.441. The molecule has 4 aromatic rings. The average molecular weight is 646 g/mol. The molecule has 0 aliphatic carbocycles. The van der Waals surface area contributed by atoms with Gasteiger partial charge in [0.2, 0.25) is 6.54 Å². The zero-order valence-electron chi connectivity index (χ0n) is 26.5. The number of likely N-dealkylation sites (N-methyl/N-ethyl adjacent to an activating group) is 1. The summed E-state index contributed by atoms with van der Waals surface area (Å²) in [5.74, 6) is 0.0687. The number of aromatic nitrogens is 3. The predicted octanol–water partition coefficient (Wildman–Crippen LogP) is 6.46. The fourth-order valence-corrected chi connectivity index (χ4v) is 6.47. The summed E-state index contributed by atoms with van der Waals surface area (Å²) in [6, 6.07) is 10.7. The minimum Gasteiger partial charge on any atom is -0.462 e. The molecule has 2 aliphatic heterocycles. The number of carbonyl (C=O) groups is 1. The summed E-state index contributed by atoms with van der Waals surface area (Å²) >= 11 is 6.47. The van der Waals surface area contributed by atoms with Crippen molar-refractivity contribution in [3.05, 3.63) is 64.9 Å². The van der Waals surface area contributed by atoms with E-state index < -0.39 is 23.6 Å². The number of halogens is 2. The Hall–Kier alpha value is -4.27. The monoisotopic (exact) mass is 645 g/mol. The Balaban J connectivity index is 1.40. The number of hydrogen-bond donors (Lipinski definition) is 0. The van der Waals surface area contributed by atoms with Gasteiger partial charge in [0.1, 0.15) is 29.6 Å². The van der Waals surface area contributed by atoms with Crippen LogP contribution in [0.3, 0.4) is 0 Å². The van der Waals surface area contributed by atoms with Crippen LogP contribution in [0.5, 0.6) is 6.01 Å². The Labute approximate surface area is 272 Å². The van der Waals surface area contributed by atoms with Crippen LogP contribution in [-0.4, -0.2) is 94.9 Å². The van der Waals surface area contributed by atoms with Crippen LogP contribution in [0, 0.1) is 12.4 Å². The number of nitrogens with zero attached hydrogens (tertiary/aromatic N) is 7. The van der Waals surface area contributed by atoms with Crippen molar-refractivity contribution in [1.29, 1.82) is 0 Å². The molecule has 2 aliphatic rings. The van der Waals surface area contributed by atoms with Crippen molar-refractivity contribution in [2.45, 2.75) is 51.3 Å². The molecular weight excluding hydrogens is 609 g/mol. The lowest BCUT2D eigenvalue weighted by Crippen LogP contribution is -2.57. The van der Waals surface area contributed by atoms with Crippen LogP contribution in [0.1, 0.15) is 33.6 Å². The molecule has 2 aromatic carbocycles. The minimum absolute atomic E-state index is 0.0509. The van der Waals surface area contributed by atoms with Crippen LogP contribution in [0.15, 0.2) is 42.6 Å². The smallest absolute Gasteiger partial charge is 0.410 e. The van der Waals surface area contributed by atoms with E-state index in [0.717, 1.165) is 35.9 Å². The number of rotatable bonds is 6. The highest BCUT2D eigenvalue weighted by Crippen LogP contribution is 2.37. The van der Waals surface area contributed by atoms with Crippen LogP contribution in [-0.2, 0) is 4.74 Å². The van der Waals surface area contributed by atoms with Gasteiger partial charge in [0.05, 0.1) is 10.5 Å². The summed E-state index contributed by atoms with van der Waals surface area (Å²) in [6.07, 6.45) is 3.42. The first kappa shape index (κ1) is 31.7. The molecule has 0 spiro atoms. The number of fused-ring (bicyclic) bond motifs is 2. The second-order valence-corrected chi connectivity index (χ2v) is 13.3. The molecule has 0 bridgehead atoms. The van der Waals surface area contributed by atoms with E-state index in [4.69, 9.17) is 42.6 Å². The van der Waals surface area contributed by atoms with Crippen molar-refractivity contribution in [1.82, 2.24) is 24.8 Å². The molecular formula is C34H37ClFN7O3. The standard InChI is InChI=1S/C34H37ClFN7O3/c1-34(2,3)46-33(44)43-15-14-42(19-24(43)18-37-4)31-30-27(39-32(40-31)45-20-23-9-7-13-41(23)5)16-22(17-38-30)25-10-6-8-21-11-12-26(36)29(35)28(21)25/h6,8,10-12,16-17,23-24H,7,9,13-15,18-20H2,1-3,5H3/t23-,24-/m0/s1. The Morgan fingerprint density at radius 2 is 1.98 bits per heavy atom. The van der Waals surface area contributed by atoms with E-state index in [-0.39, 0.29) is 23.6 Å². The summed E-state index contributed by atoms with van der Waals surface area (Å²) in [5, 5.41) is 1.46. The number of ether oxygens (including phenoxy) is 2. The van der Waals surface area contributed by atoms with Crippen molar-refractivity contribution < 1.29 is 18.7 Å². The normalized spacial score (nSPS) is 19.1. The van der Waals surface area contributed by atoms with Gasteiger partial charge in [0.25, 0.3) is 0 Å². The molecule has 10 nitrogen and oxygen atoms in total. The minimum atomic E-state index is -0.652. The maximum absolute atomic E-state index is 14.5. The van der Waals surface area contributed by atoms with Crippen molar-refractivity contribution >= 4 is 45.3 Å². The van der Waals surface area contributed by atoms with Gasteiger partial charge in [-0.2, -0.15) is 9.97 Å². The highest BCUT2D eigenvalue weighted by molar-refractivity contribution is 6.36. The van der Waals surface area contributed by atoms with Crippen LogP contribution in [0.25, 0.3) is 37.8 Å². The summed E-state index contributed by atoms with van der Waals surface area (Å²) in [5.41, 5.74) is 1.91. The number of anilines is 1. The van der Waals surface area contributed by atoms with E-state index in [1.165, 1.54) is 6.07 Å². The van der Waals surface area contributed by atoms with Gasteiger partial charge in [-0.05, 0) is 70.3 Å². The van der Waals surface area contributed by atoms with Gasteiger partial charge in [-0.1, -0.05) is 35.9 Å². The Morgan fingerprint density at radius 3 is 2.72 bits per heavy atom. The van der Waals surface area contributed by atoms with E-state index in [9.17, 15) is 9.18 Å². The van der Waals surface area contributed by atoms with Gasteiger partial charge in [-0.25, -0.2) is 15.8 Å². The van der Waals surface area contributed by atoms with Crippen LogP contribution in [0.4, 0.5) is 15.0 Å². The molecule has 2 saturated heterocycles. The average Bonchev–Trinajstić information content (AvgIpc) is 3.44. The molecule has 12 heteroatoms. The third kappa shape index (κ3) is 6.50. The number of pyridine rings is 1. The first-order valence-corrected chi connectivity index (χ1v) is 15.9. The summed E-state index contributed by atoms with van der Waals surface area (Å²) in [4.78, 5) is 37.0. The highest BCUT2D eigenvalue weighted by Gasteiger charge is 2.36. The lowest BCUT2D eigenvalue weighted by atomic mass is 9.99. The topological polar surface area (TPSA) is 88.3 Å². The zero-order chi connectivity index (χ0) is 32.6. The Bertz CT molecular complexity index is 1830. The molecule has 1 amide bonds. The second kappa shape index (κ2) is 12.9. The third-order valence-electron chi connectivity index (χ3n) is 8.53. The molecule has 2 aromatic heterocycles. The molecule has 6 rings (SSSR count). The van der Waals surface area contributed by atoms with Gasteiger partial charge in [-0.15, -0.1) is 0 Å². The van der Waals surface area contributed by atoms with E-state index in [2.05, 4.69) is 16.8 Å². The number of amides is 1. The zero-order valence-corrected chi connectivity index (χ0v) is 27.2. The van der Waals surface area contributed by atoms with Gasteiger partial charge in [0.15, 0.2) is 5.82 Å². The summed E-state index contributed by atoms with van der Waals surface area (Å²) < 4.78 is 26.4.